The molecule has 108 valence electrons. The summed E-state index contributed by atoms with van der Waals surface area (Å²) in [6.45, 7) is -19.0. The monoisotopic (exact) mass is 290 g/mol. The predicted octanol–water partition coefficient (Wildman–Crippen LogP) is -2.52. The Labute approximate surface area is 123 Å². The summed E-state index contributed by atoms with van der Waals surface area (Å²) in [6.07, 6.45) is 0. The van der Waals surface area contributed by atoms with Crippen LogP contribution in [0.25, 0.3) is 0 Å². The molecule has 0 saturated carbocycles. The molecule has 8 heteroatoms. The molecular weight excluding hydrogens is 244 g/mol. The van der Waals surface area contributed by atoms with Gasteiger partial charge in [-0.1, -0.05) is 0 Å². The van der Waals surface area contributed by atoms with Crippen molar-refractivity contribution in [1.29, 1.82) is 0 Å². The Hall–Kier alpha value is -1.22. The first-order chi connectivity index (χ1) is 12.9. The zero-order valence-corrected chi connectivity index (χ0v) is 9.53. The van der Waals surface area contributed by atoms with Crippen molar-refractivity contribution in [2.45, 2.75) is 0 Å². The molecule has 0 bridgehead atoms. The van der Waals surface area contributed by atoms with Crippen LogP contribution in [0.15, 0.2) is 0 Å². The second kappa shape index (κ2) is 15.8. The second-order valence-electron chi connectivity index (χ2n) is 1.96. The Balaban J connectivity index is 0. The first-order valence-electron chi connectivity index (χ1n) is 10.1. The summed E-state index contributed by atoms with van der Waals surface area (Å²) in [5, 5.41) is 20.2. The van der Waals surface area contributed by atoms with Crippen molar-refractivity contribution in [3.63, 3.8) is 0 Å². The summed E-state index contributed by atoms with van der Waals surface area (Å²) in [5.74, 6) is -2.68. The van der Waals surface area contributed by atoms with E-state index in [2.05, 4.69) is 9.47 Å². The first kappa shape index (κ1) is 5.83. The topological polar surface area (TPSA) is 117 Å². The maximum Gasteiger partial charge on any atom is 0.319 e. The number of nitrogens with one attached hydrogen (secondary N) is 2. The summed E-state index contributed by atoms with van der Waals surface area (Å²) in [4.78, 5) is 21.7. The molecule has 0 aliphatic rings. The summed E-state index contributed by atoms with van der Waals surface area (Å²) in [7, 11) is 1.88. The quantitative estimate of drug-likeness (QED) is 0.362. The smallest absolute Gasteiger partial charge is 0.319 e. The maximum atomic E-state index is 10.8. The molecule has 0 amide bonds. The molecule has 0 unspecified atom stereocenters. The van der Waals surface area contributed by atoms with Crippen molar-refractivity contribution in [3.8, 4) is 0 Å². The van der Waals surface area contributed by atoms with Gasteiger partial charge in [-0.05, 0) is 0 Å². The largest absolute Gasteiger partial charge is 0.468 e. The molecule has 0 heterocycles. The summed E-state index contributed by atoms with van der Waals surface area (Å²) >= 11 is 0. The molecule has 0 aliphatic carbocycles. The minimum atomic E-state index is -3.43. The van der Waals surface area contributed by atoms with Gasteiger partial charge in [-0.3, -0.25) is 14.9 Å². The first-order valence-corrected chi connectivity index (χ1v) is 4.08. The van der Waals surface area contributed by atoms with Gasteiger partial charge in [0.1, 0.15) is 0 Å². The average molecular weight is 290 g/mol. The van der Waals surface area contributed by atoms with E-state index in [9.17, 15) is 9.59 Å². The molecule has 0 aromatic carbocycles. The van der Waals surface area contributed by atoms with Crippen molar-refractivity contribution >= 4 is 11.9 Å². The van der Waals surface area contributed by atoms with Gasteiger partial charge in [0.15, 0.2) is 0 Å². The van der Waals surface area contributed by atoms with Gasteiger partial charge >= 0.3 is 11.9 Å². The van der Waals surface area contributed by atoms with E-state index >= 15 is 0 Å². The summed E-state index contributed by atoms with van der Waals surface area (Å²) < 4.78 is 90.8. The molecule has 0 aliphatic heterocycles. The standard InChI is InChI=1S/C6H11NO4.C4H11NO2/c1-10-5(8)3-7-4-6(9)11-2;6-3-1-5-2-4-7/h7H,3-4H2,1-2H3;5-7H,1-4H2/i3T2,4T2;1T2,2T2,3T2,4T2. The number of aliphatic hydroxyl groups is 2. The van der Waals surface area contributed by atoms with Gasteiger partial charge < -0.3 is 25.0 Å². The Bertz CT molecular complexity index is 553. The van der Waals surface area contributed by atoms with Gasteiger partial charge in [-0.2, -0.15) is 0 Å². The Morgan fingerprint density at radius 3 is 1.67 bits per heavy atom. The van der Waals surface area contributed by atoms with Crippen molar-refractivity contribution in [2.75, 3.05) is 53.3 Å². The molecule has 0 aromatic rings. The molecule has 0 spiro atoms. The Morgan fingerprint density at radius 2 is 1.39 bits per heavy atom. The lowest BCUT2D eigenvalue weighted by Gasteiger charge is -2.00. The molecule has 0 fully saturated rings. The lowest BCUT2D eigenvalue weighted by atomic mass is 10.6. The highest BCUT2D eigenvalue weighted by molar-refractivity contribution is 5.74. The van der Waals surface area contributed by atoms with E-state index in [0.29, 0.717) is 0 Å². The van der Waals surface area contributed by atoms with Crippen LogP contribution in [0, 0.1) is 0 Å². The van der Waals surface area contributed by atoms with Crippen LogP contribution in [0.2, 0.25) is 0 Å². The Kier molecular flexibility index (Phi) is 5.11. The molecule has 4 N–H and O–H groups in total. The minimum absolute atomic E-state index is 0.940. The predicted molar refractivity (Wildman–Crippen MR) is 63.9 cm³/mol. The SMILES string of the molecule is [3H]C([3H])(NC([3H])([3H])C(=O)OC)C(=O)OC.[3H]C([3H])(O)C([3H])([3H])NC([3H])([3H])C([3H])([3H])O. The van der Waals surface area contributed by atoms with Gasteiger partial charge in [0.05, 0.1) is 51.3 Å². The number of carbonyl (C=O) groups is 2. The third-order valence-electron chi connectivity index (χ3n) is 0.937. The van der Waals surface area contributed by atoms with E-state index < -0.39 is 51.0 Å². The van der Waals surface area contributed by atoms with Gasteiger partial charge in [0.2, 0.25) is 0 Å². The highest BCUT2D eigenvalue weighted by Gasteiger charge is 2.01. The van der Waals surface area contributed by atoms with Crippen LogP contribution >= 0.6 is 0 Å². The minimum Gasteiger partial charge on any atom is -0.468 e. The molecule has 8 nitrogen and oxygen atoms in total. The molecule has 0 aromatic heterocycles. The highest BCUT2D eigenvalue weighted by Crippen LogP contribution is 1.72. The van der Waals surface area contributed by atoms with Crippen LogP contribution in [0.1, 0.15) is 16.4 Å². The van der Waals surface area contributed by atoms with Gasteiger partial charge in [0.25, 0.3) is 0 Å². The van der Waals surface area contributed by atoms with Crippen LogP contribution in [-0.2, 0) is 19.1 Å². The van der Waals surface area contributed by atoms with E-state index in [0.717, 1.165) is 14.2 Å². The zero-order valence-electron chi connectivity index (χ0n) is 21.5. The van der Waals surface area contributed by atoms with E-state index in [1.54, 1.807) is 5.32 Å². The zero-order chi connectivity index (χ0) is 25.0. The van der Waals surface area contributed by atoms with Crippen LogP contribution in [0.5, 0.6) is 0 Å². The lowest BCUT2D eigenvalue weighted by molar-refractivity contribution is -0.141. The molecule has 0 radical (unpaired) electrons. The second-order valence-corrected chi connectivity index (χ2v) is 1.96. The third kappa shape index (κ3) is 17.2. The number of hydrogen-bond donors (Lipinski definition) is 4. The number of rotatable bonds is 8. The van der Waals surface area contributed by atoms with E-state index in [1.807, 2.05) is 0 Å². The summed E-state index contributed by atoms with van der Waals surface area (Å²) in [6, 6.07) is 0. The fraction of sp³-hybridized carbons (Fsp3) is 0.800. The van der Waals surface area contributed by atoms with Crippen molar-refractivity contribution in [1.82, 2.24) is 10.6 Å². The number of methoxy groups -OCH3 is 2. The number of ether oxygens (including phenoxy) is 2. The molecule has 0 rings (SSSR count). The van der Waals surface area contributed by atoms with Gasteiger partial charge in [-0.15, -0.1) is 0 Å². The van der Waals surface area contributed by atoms with Crippen LogP contribution in [0.3, 0.4) is 0 Å². The summed E-state index contributed by atoms with van der Waals surface area (Å²) in [5.41, 5.74) is 0. The van der Waals surface area contributed by atoms with Crippen molar-refractivity contribution in [3.05, 3.63) is 0 Å². The highest BCUT2D eigenvalue weighted by atomic mass is 16.5. The van der Waals surface area contributed by atoms with Gasteiger partial charge in [-0.25, -0.2) is 0 Å². The number of carbonyl (C=O) groups excluding carboxylic acids is 2. The lowest BCUT2D eigenvalue weighted by Crippen LogP contribution is -2.29. The third-order valence-corrected chi connectivity index (χ3v) is 0.937. The van der Waals surface area contributed by atoms with Crippen LogP contribution < -0.4 is 10.6 Å². The maximum absolute atomic E-state index is 10.8. The average Bonchev–Trinajstić information content (AvgIpc) is 2.49. The van der Waals surface area contributed by atoms with Crippen LogP contribution in [-0.4, -0.2) is 75.5 Å². The van der Waals surface area contributed by atoms with Crippen molar-refractivity contribution < 1.29 is 45.7 Å². The molecule has 0 atom stereocenters. The number of esters is 2. The van der Waals surface area contributed by atoms with Crippen LogP contribution in [0.4, 0.5) is 0 Å². The fourth-order valence-electron chi connectivity index (χ4n) is 0.323. The van der Waals surface area contributed by atoms with E-state index in [-0.39, 0.29) is 0 Å². The normalized spacial score (nSPS) is 23.8. The fourth-order valence-corrected chi connectivity index (χ4v) is 0.323. The molecular formula is C10H22N2O6. The number of hydrogen-bond acceptors (Lipinski definition) is 8. The molecule has 18 heavy (non-hydrogen) atoms. The Morgan fingerprint density at radius 1 is 1.00 bits per heavy atom. The van der Waals surface area contributed by atoms with Gasteiger partial charge in [0, 0.05) is 18.5 Å². The van der Waals surface area contributed by atoms with E-state index in [1.165, 1.54) is 5.32 Å². The van der Waals surface area contributed by atoms with E-state index in [4.69, 9.17) is 26.7 Å². The van der Waals surface area contributed by atoms with Crippen molar-refractivity contribution in [2.24, 2.45) is 0 Å². The molecule has 0 saturated heterocycles.